The molecule has 2 rings (SSSR count). The number of aryl methyl sites for hydroxylation is 2. The van der Waals surface area contributed by atoms with Crippen molar-refractivity contribution in [2.45, 2.75) is 26.7 Å². The fourth-order valence-electron chi connectivity index (χ4n) is 1.97. The van der Waals surface area contributed by atoms with Gasteiger partial charge >= 0.3 is 5.97 Å². The largest absolute Gasteiger partial charge is 0.469 e. The topological polar surface area (TPSA) is 51.2 Å². The van der Waals surface area contributed by atoms with E-state index in [0.29, 0.717) is 0 Å². The highest BCUT2D eigenvalue weighted by Gasteiger charge is 2.10. The van der Waals surface area contributed by atoms with Crippen LogP contribution in [0.3, 0.4) is 0 Å². The molecule has 0 spiro atoms. The summed E-state index contributed by atoms with van der Waals surface area (Å²) < 4.78 is 4.64. The molecule has 0 aliphatic carbocycles. The summed E-state index contributed by atoms with van der Waals surface area (Å²) >= 11 is 1.49. The Morgan fingerprint density at radius 2 is 2.25 bits per heavy atom. The Balaban J connectivity index is 2.17. The van der Waals surface area contributed by atoms with E-state index in [9.17, 15) is 4.79 Å². The lowest BCUT2D eigenvalue weighted by Crippen LogP contribution is -2.05. The third kappa shape index (κ3) is 3.36. The quantitative estimate of drug-likeness (QED) is 0.857. The normalized spacial score (nSPS) is 10.3. The van der Waals surface area contributed by atoms with Crippen LogP contribution in [0.1, 0.15) is 23.7 Å². The molecule has 5 heteroatoms. The van der Waals surface area contributed by atoms with Gasteiger partial charge in [-0.2, -0.15) is 0 Å². The zero-order valence-corrected chi connectivity index (χ0v) is 12.7. The van der Waals surface area contributed by atoms with Gasteiger partial charge in [-0.15, -0.1) is 11.3 Å². The van der Waals surface area contributed by atoms with Gasteiger partial charge in [0, 0.05) is 11.1 Å². The van der Waals surface area contributed by atoms with Crippen LogP contribution in [0.5, 0.6) is 0 Å². The lowest BCUT2D eigenvalue weighted by molar-refractivity contribution is -0.139. The van der Waals surface area contributed by atoms with E-state index >= 15 is 0 Å². The van der Waals surface area contributed by atoms with Crippen LogP contribution in [0, 0.1) is 6.92 Å². The first-order valence-electron chi connectivity index (χ1n) is 6.50. The second kappa shape index (κ2) is 6.52. The number of aromatic nitrogens is 1. The number of hydrogen-bond donors (Lipinski definition) is 1. The molecule has 0 aliphatic heterocycles. The standard InChI is InChI=1S/C15H18N2O2S/c1-4-11-7-5-6-10(2)14(11)17-15-16-12(9-20-15)8-13(18)19-3/h5-7,9H,4,8H2,1-3H3,(H,16,17). The summed E-state index contributed by atoms with van der Waals surface area (Å²) in [5.74, 6) is -0.271. The molecular formula is C15H18N2O2S. The van der Waals surface area contributed by atoms with E-state index in [1.54, 1.807) is 0 Å². The van der Waals surface area contributed by atoms with E-state index in [0.717, 1.165) is 22.9 Å². The Hall–Kier alpha value is -1.88. The number of nitrogens with one attached hydrogen (secondary N) is 1. The van der Waals surface area contributed by atoms with Gasteiger partial charge < -0.3 is 10.1 Å². The summed E-state index contributed by atoms with van der Waals surface area (Å²) in [5, 5.41) is 6.04. The Morgan fingerprint density at radius 1 is 1.45 bits per heavy atom. The first-order chi connectivity index (χ1) is 9.63. The molecule has 0 amide bonds. The van der Waals surface area contributed by atoms with E-state index in [2.05, 4.69) is 47.1 Å². The minimum atomic E-state index is -0.271. The van der Waals surface area contributed by atoms with Gasteiger partial charge in [0.25, 0.3) is 0 Å². The molecule has 0 radical (unpaired) electrons. The molecule has 4 nitrogen and oxygen atoms in total. The number of ether oxygens (including phenoxy) is 1. The second-order valence-electron chi connectivity index (χ2n) is 4.48. The van der Waals surface area contributed by atoms with Crippen molar-refractivity contribution in [1.29, 1.82) is 0 Å². The van der Waals surface area contributed by atoms with Gasteiger partial charge in [-0.3, -0.25) is 4.79 Å². The number of carbonyl (C=O) groups is 1. The molecule has 106 valence electrons. The predicted molar refractivity (Wildman–Crippen MR) is 81.7 cm³/mol. The number of benzene rings is 1. The van der Waals surface area contributed by atoms with Crippen LogP contribution >= 0.6 is 11.3 Å². The van der Waals surface area contributed by atoms with Gasteiger partial charge in [-0.25, -0.2) is 4.98 Å². The van der Waals surface area contributed by atoms with Crippen molar-refractivity contribution in [1.82, 2.24) is 4.98 Å². The minimum Gasteiger partial charge on any atom is -0.469 e. The van der Waals surface area contributed by atoms with E-state index in [-0.39, 0.29) is 12.4 Å². The molecule has 1 N–H and O–H groups in total. The Morgan fingerprint density at radius 3 is 2.95 bits per heavy atom. The molecule has 0 saturated heterocycles. The average Bonchev–Trinajstić information content (AvgIpc) is 2.88. The van der Waals surface area contributed by atoms with Crippen molar-refractivity contribution in [2.24, 2.45) is 0 Å². The number of thiazole rings is 1. The maximum Gasteiger partial charge on any atom is 0.311 e. The number of carbonyl (C=O) groups excluding carboxylic acids is 1. The molecule has 0 atom stereocenters. The number of nitrogens with zero attached hydrogens (tertiary/aromatic N) is 1. The van der Waals surface area contributed by atoms with Gasteiger partial charge in [0.2, 0.25) is 0 Å². The van der Waals surface area contributed by atoms with E-state index in [1.807, 2.05) is 5.38 Å². The number of esters is 1. The summed E-state index contributed by atoms with van der Waals surface area (Å²) in [7, 11) is 1.38. The number of anilines is 2. The third-order valence-corrected chi connectivity index (χ3v) is 3.88. The lowest BCUT2D eigenvalue weighted by Gasteiger charge is -2.11. The van der Waals surface area contributed by atoms with E-state index in [1.165, 1.54) is 29.6 Å². The summed E-state index contributed by atoms with van der Waals surface area (Å²) in [4.78, 5) is 15.6. The van der Waals surface area contributed by atoms with Crippen molar-refractivity contribution in [3.63, 3.8) is 0 Å². The molecule has 0 saturated carbocycles. The summed E-state index contributed by atoms with van der Waals surface area (Å²) in [6.07, 6.45) is 1.17. The van der Waals surface area contributed by atoms with Crippen molar-refractivity contribution in [3.8, 4) is 0 Å². The molecule has 2 aromatic rings. The monoisotopic (exact) mass is 290 g/mol. The zero-order chi connectivity index (χ0) is 14.5. The summed E-state index contributed by atoms with van der Waals surface area (Å²) in [5.41, 5.74) is 4.29. The van der Waals surface area contributed by atoms with Crippen LogP contribution < -0.4 is 5.32 Å². The van der Waals surface area contributed by atoms with Gasteiger partial charge in [-0.1, -0.05) is 25.1 Å². The first kappa shape index (κ1) is 14.5. The Bertz CT molecular complexity index is 608. The van der Waals surface area contributed by atoms with Gasteiger partial charge in [0.05, 0.1) is 19.2 Å². The predicted octanol–water partition coefficient (Wildman–Crippen LogP) is 3.47. The lowest BCUT2D eigenvalue weighted by atomic mass is 10.1. The fraction of sp³-hybridized carbons (Fsp3) is 0.333. The second-order valence-corrected chi connectivity index (χ2v) is 5.34. The molecule has 0 unspecified atom stereocenters. The van der Waals surface area contributed by atoms with Crippen molar-refractivity contribution >= 4 is 28.1 Å². The highest BCUT2D eigenvalue weighted by atomic mass is 32.1. The molecular weight excluding hydrogens is 272 g/mol. The highest BCUT2D eigenvalue weighted by molar-refractivity contribution is 7.13. The molecule has 1 aromatic heterocycles. The van der Waals surface area contributed by atoms with Gasteiger partial charge in [0.1, 0.15) is 0 Å². The first-order valence-corrected chi connectivity index (χ1v) is 7.38. The summed E-state index contributed by atoms with van der Waals surface area (Å²) in [6, 6.07) is 6.24. The number of hydrogen-bond acceptors (Lipinski definition) is 5. The Labute approximate surface area is 122 Å². The fourth-order valence-corrected chi connectivity index (χ4v) is 2.69. The molecule has 0 aliphatic rings. The molecule has 1 heterocycles. The molecule has 20 heavy (non-hydrogen) atoms. The third-order valence-electron chi connectivity index (χ3n) is 3.08. The zero-order valence-electron chi connectivity index (χ0n) is 11.9. The van der Waals surface area contributed by atoms with Crippen LogP contribution in [0.4, 0.5) is 10.8 Å². The van der Waals surface area contributed by atoms with E-state index in [4.69, 9.17) is 0 Å². The summed E-state index contributed by atoms with van der Waals surface area (Å²) in [6.45, 7) is 4.20. The van der Waals surface area contributed by atoms with E-state index < -0.39 is 0 Å². The number of rotatable bonds is 5. The molecule has 1 aromatic carbocycles. The minimum absolute atomic E-state index is 0.211. The Kier molecular flexibility index (Phi) is 4.74. The maximum absolute atomic E-state index is 11.2. The van der Waals surface area contributed by atoms with Crippen molar-refractivity contribution < 1.29 is 9.53 Å². The molecule has 0 fully saturated rings. The van der Waals surface area contributed by atoms with Gasteiger partial charge in [-0.05, 0) is 24.5 Å². The van der Waals surface area contributed by atoms with Gasteiger partial charge in [0.15, 0.2) is 5.13 Å². The van der Waals surface area contributed by atoms with Crippen LogP contribution in [-0.2, 0) is 22.4 Å². The highest BCUT2D eigenvalue weighted by Crippen LogP contribution is 2.27. The van der Waals surface area contributed by atoms with Crippen molar-refractivity contribution in [2.75, 3.05) is 12.4 Å². The van der Waals surface area contributed by atoms with Crippen molar-refractivity contribution in [3.05, 3.63) is 40.4 Å². The number of methoxy groups -OCH3 is 1. The average molecular weight is 290 g/mol. The van der Waals surface area contributed by atoms with Crippen LogP contribution in [0.25, 0.3) is 0 Å². The smallest absolute Gasteiger partial charge is 0.311 e. The van der Waals surface area contributed by atoms with Crippen LogP contribution in [0.15, 0.2) is 23.6 Å². The van der Waals surface area contributed by atoms with Crippen LogP contribution in [0.2, 0.25) is 0 Å². The maximum atomic E-state index is 11.2. The SMILES string of the molecule is CCc1cccc(C)c1Nc1nc(CC(=O)OC)cs1. The van der Waals surface area contributed by atoms with Crippen LogP contribution in [-0.4, -0.2) is 18.1 Å². The number of para-hydroxylation sites is 1. The molecule has 0 bridgehead atoms.